The van der Waals surface area contributed by atoms with Gasteiger partial charge >= 0.3 is 0 Å². The molecule has 0 aromatic heterocycles. The largest absolute Gasteiger partial charge is 0.389 e. The first-order valence-electron chi connectivity index (χ1n) is 7.21. The maximum Gasteiger partial charge on any atom is 0.0762 e. The molecule has 1 aromatic carbocycles. The number of hydrogen-bond donors (Lipinski definition) is 1. The van der Waals surface area contributed by atoms with Crippen molar-refractivity contribution >= 4 is 17.3 Å². The highest BCUT2D eigenvalue weighted by Crippen LogP contribution is 2.34. The van der Waals surface area contributed by atoms with E-state index in [1.54, 1.807) is 6.92 Å². The fourth-order valence-electron chi connectivity index (χ4n) is 3.12. The van der Waals surface area contributed by atoms with Gasteiger partial charge in [0, 0.05) is 13.1 Å². The molecular formula is C16H24ClNO. The Balaban J connectivity index is 2.21. The Morgan fingerprint density at radius 3 is 2.58 bits per heavy atom. The van der Waals surface area contributed by atoms with Crippen LogP contribution in [0.2, 0.25) is 5.02 Å². The lowest BCUT2D eigenvalue weighted by Gasteiger charge is -2.38. The van der Waals surface area contributed by atoms with E-state index in [2.05, 4.69) is 18.9 Å². The highest BCUT2D eigenvalue weighted by molar-refractivity contribution is 6.33. The number of aliphatic hydroxyl groups is 1. The summed E-state index contributed by atoms with van der Waals surface area (Å²) in [5, 5.41) is 10.3. The van der Waals surface area contributed by atoms with E-state index in [0.29, 0.717) is 12.0 Å². The van der Waals surface area contributed by atoms with E-state index < -0.39 is 6.10 Å². The number of aliphatic hydroxyl groups excluding tert-OH is 1. The van der Waals surface area contributed by atoms with Crippen LogP contribution < -0.4 is 4.90 Å². The fraction of sp³-hybridized carbons (Fsp3) is 0.625. The van der Waals surface area contributed by atoms with E-state index >= 15 is 0 Å². The Kier molecular flexibility index (Phi) is 4.75. The second kappa shape index (κ2) is 6.15. The molecule has 3 atom stereocenters. The lowest BCUT2D eigenvalue weighted by Crippen LogP contribution is -2.39. The Bertz CT molecular complexity index is 433. The summed E-state index contributed by atoms with van der Waals surface area (Å²) < 4.78 is 0. The maximum atomic E-state index is 9.60. The third-order valence-corrected chi connectivity index (χ3v) is 4.70. The molecule has 3 heteroatoms. The van der Waals surface area contributed by atoms with E-state index in [-0.39, 0.29) is 0 Å². The van der Waals surface area contributed by atoms with Gasteiger partial charge in [-0.1, -0.05) is 37.4 Å². The van der Waals surface area contributed by atoms with Crippen LogP contribution in [0, 0.1) is 5.92 Å². The predicted molar refractivity (Wildman–Crippen MR) is 81.9 cm³/mol. The summed E-state index contributed by atoms with van der Waals surface area (Å²) in [4.78, 5) is 2.32. The summed E-state index contributed by atoms with van der Waals surface area (Å²) >= 11 is 6.38. The Labute approximate surface area is 121 Å². The SMILES string of the molecule is CC1CCCCC1N(C)c1ccc([C@H](C)O)cc1Cl. The molecule has 0 amide bonds. The van der Waals surface area contributed by atoms with Crippen LogP contribution in [0.1, 0.15) is 51.2 Å². The normalized spacial score (nSPS) is 25.1. The van der Waals surface area contributed by atoms with Crippen LogP contribution in [-0.2, 0) is 0 Å². The zero-order chi connectivity index (χ0) is 14.0. The van der Waals surface area contributed by atoms with Crippen LogP contribution in [-0.4, -0.2) is 18.2 Å². The van der Waals surface area contributed by atoms with Crippen LogP contribution in [0.15, 0.2) is 18.2 Å². The molecule has 2 nitrogen and oxygen atoms in total. The third-order valence-electron chi connectivity index (χ3n) is 4.40. The van der Waals surface area contributed by atoms with Crippen molar-refractivity contribution in [1.29, 1.82) is 0 Å². The van der Waals surface area contributed by atoms with E-state index in [1.165, 1.54) is 25.7 Å². The highest BCUT2D eigenvalue weighted by Gasteiger charge is 2.26. The lowest BCUT2D eigenvalue weighted by molar-refractivity contribution is 0.199. The van der Waals surface area contributed by atoms with Crippen LogP contribution >= 0.6 is 11.6 Å². The molecule has 0 heterocycles. The third kappa shape index (κ3) is 3.24. The van der Waals surface area contributed by atoms with Crippen molar-refractivity contribution in [3.63, 3.8) is 0 Å². The Hall–Kier alpha value is -0.730. The van der Waals surface area contributed by atoms with Gasteiger partial charge in [-0.2, -0.15) is 0 Å². The molecule has 1 saturated carbocycles. The van der Waals surface area contributed by atoms with Gasteiger partial charge in [0.25, 0.3) is 0 Å². The Morgan fingerprint density at radius 1 is 1.32 bits per heavy atom. The van der Waals surface area contributed by atoms with Gasteiger partial charge < -0.3 is 10.0 Å². The van der Waals surface area contributed by atoms with Crippen molar-refractivity contribution in [1.82, 2.24) is 0 Å². The fourth-order valence-corrected chi connectivity index (χ4v) is 3.44. The molecule has 0 bridgehead atoms. The van der Waals surface area contributed by atoms with Crippen molar-refractivity contribution in [3.8, 4) is 0 Å². The summed E-state index contributed by atoms with van der Waals surface area (Å²) in [6, 6.07) is 6.45. The van der Waals surface area contributed by atoms with Crippen molar-refractivity contribution < 1.29 is 5.11 Å². The van der Waals surface area contributed by atoms with Gasteiger partial charge in [-0.25, -0.2) is 0 Å². The number of rotatable bonds is 3. The number of benzene rings is 1. The molecule has 106 valence electrons. The summed E-state index contributed by atoms with van der Waals surface area (Å²) in [6.45, 7) is 4.09. The first-order valence-corrected chi connectivity index (χ1v) is 7.59. The first kappa shape index (κ1) is 14.7. The molecular weight excluding hydrogens is 258 g/mol. The summed E-state index contributed by atoms with van der Waals surface area (Å²) in [6.07, 6.45) is 4.73. The van der Waals surface area contributed by atoms with E-state index in [4.69, 9.17) is 11.6 Å². The standard InChI is InChI=1S/C16H24ClNO/c1-11-6-4-5-7-15(11)18(3)16-9-8-13(12(2)19)10-14(16)17/h8-12,15,19H,4-7H2,1-3H3/t11?,12-,15?/m0/s1. The maximum absolute atomic E-state index is 9.60. The van der Waals surface area contributed by atoms with Gasteiger partial charge in [0.1, 0.15) is 0 Å². The average Bonchev–Trinajstić information content (AvgIpc) is 2.38. The van der Waals surface area contributed by atoms with Crippen molar-refractivity contribution in [2.45, 2.75) is 51.7 Å². The van der Waals surface area contributed by atoms with Crippen molar-refractivity contribution in [2.24, 2.45) is 5.92 Å². The van der Waals surface area contributed by atoms with Crippen LogP contribution in [0.3, 0.4) is 0 Å². The molecule has 0 spiro atoms. The van der Waals surface area contributed by atoms with Gasteiger partial charge in [-0.3, -0.25) is 0 Å². The number of nitrogens with zero attached hydrogens (tertiary/aromatic N) is 1. The zero-order valence-electron chi connectivity index (χ0n) is 12.1. The smallest absolute Gasteiger partial charge is 0.0762 e. The molecule has 1 fully saturated rings. The monoisotopic (exact) mass is 281 g/mol. The second-order valence-electron chi connectivity index (χ2n) is 5.83. The second-order valence-corrected chi connectivity index (χ2v) is 6.23. The first-order chi connectivity index (χ1) is 9.00. The van der Waals surface area contributed by atoms with Gasteiger partial charge in [0.15, 0.2) is 0 Å². The molecule has 0 aliphatic heterocycles. The van der Waals surface area contributed by atoms with Gasteiger partial charge in [-0.05, 0) is 43.4 Å². The summed E-state index contributed by atoms with van der Waals surface area (Å²) in [7, 11) is 2.13. The van der Waals surface area contributed by atoms with Crippen LogP contribution in [0.4, 0.5) is 5.69 Å². The van der Waals surface area contributed by atoms with Gasteiger partial charge in [0.05, 0.1) is 16.8 Å². The average molecular weight is 282 g/mol. The Morgan fingerprint density at radius 2 is 2.00 bits per heavy atom. The molecule has 2 rings (SSSR count). The minimum absolute atomic E-state index is 0.467. The molecule has 2 unspecified atom stereocenters. The van der Waals surface area contributed by atoms with E-state index in [1.807, 2.05) is 18.2 Å². The number of halogens is 1. The topological polar surface area (TPSA) is 23.5 Å². The summed E-state index contributed by atoms with van der Waals surface area (Å²) in [5.74, 6) is 0.714. The van der Waals surface area contributed by atoms with Crippen molar-refractivity contribution in [2.75, 3.05) is 11.9 Å². The molecule has 19 heavy (non-hydrogen) atoms. The lowest BCUT2D eigenvalue weighted by atomic mass is 9.85. The van der Waals surface area contributed by atoms with Crippen LogP contribution in [0.25, 0.3) is 0 Å². The molecule has 1 N–H and O–H groups in total. The molecule has 1 aliphatic rings. The highest BCUT2D eigenvalue weighted by atomic mass is 35.5. The van der Waals surface area contributed by atoms with Gasteiger partial charge in [0.2, 0.25) is 0 Å². The number of anilines is 1. The molecule has 0 radical (unpaired) electrons. The van der Waals surface area contributed by atoms with Crippen LogP contribution in [0.5, 0.6) is 0 Å². The minimum atomic E-state index is -0.467. The van der Waals surface area contributed by atoms with Gasteiger partial charge in [-0.15, -0.1) is 0 Å². The quantitative estimate of drug-likeness (QED) is 0.887. The predicted octanol–water partition coefficient (Wildman–Crippen LogP) is 4.41. The molecule has 1 aromatic rings. The minimum Gasteiger partial charge on any atom is -0.389 e. The zero-order valence-corrected chi connectivity index (χ0v) is 12.8. The van der Waals surface area contributed by atoms with E-state index in [9.17, 15) is 5.11 Å². The number of hydrogen-bond acceptors (Lipinski definition) is 2. The van der Waals surface area contributed by atoms with Crippen molar-refractivity contribution in [3.05, 3.63) is 28.8 Å². The summed E-state index contributed by atoms with van der Waals surface area (Å²) in [5.41, 5.74) is 1.95. The van der Waals surface area contributed by atoms with E-state index in [0.717, 1.165) is 16.3 Å². The molecule has 1 aliphatic carbocycles. The molecule has 0 saturated heterocycles.